The summed E-state index contributed by atoms with van der Waals surface area (Å²) in [5.74, 6) is 0.157. The number of hydrogen-bond donors (Lipinski definition) is 0. The van der Waals surface area contributed by atoms with E-state index in [2.05, 4.69) is 75.4 Å². The normalized spacial score (nSPS) is 11.3. The van der Waals surface area contributed by atoms with Gasteiger partial charge in [-0.25, -0.2) is 0 Å². The highest BCUT2D eigenvalue weighted by Gasteiger charge is 2.08. The van der Waals surface area contributed by atoms with Crippen LogP contribution in [-0.2, 0) is 19.3 Å². The van der Waals surface area contributed by atoms with Crippen LogP contribution in [0.4, 0.5) is 0 Å². The first-order valence-corrected chi connectivity index (χ1v) is 9.91. The number of carbonyl (C=O) groups excluding carboxylic acids is 1. The average molecular weight is 361 g/mol. The highest BCUT2D eigenvalue weighted by atomic mass is 16.1. The van der Waals surface area contributed by atoms with Gasteiger partial charge in [-0.3, -0.25) is 4.79 Å². The van der Waals surface area contributed by atoms with Gasteiger partial charge in [-0.2, -0.15) is 0 Å². The van der Waals surface area contributed by atoms with Gasteiger partial charge >= 0.3 is 0 Å². The summed E-state index contributed by atoms with van der Waals surface area (Å²) < 4.78 is 0. The Balaban J connectivity index is 2.03. The van der Waals surface area contributed by atoms with Gasteiger partial charge < -0.3 is 0 Å². The summed E-state index contributed by atoms with van der Waals surface area (Å²) >= 11 is 0. The molecular formula is C26H32O. The molecule has 0 spiro atoms. The van der Waals surface area contributed by atoms with E-state index in [0.29, 0.717) is 0 Å². The molecule has 2 rings (SSSR count). The maximum absolute atomic E-state index is 12.2. The van der Waals surface area contributed by atoms with E-state index in [1.807, 2.05) is 6.07 Å². The Kier molecular flexibility index (Phi) is 8.26. The van der Waals surface area contributed by atoms with E-state index in [0.717, 1.165) is 43.2 Å². The van der Waals surface area contributed by atoms with Crippen molar-refractivity contribution in [3.05, 3.63) is 94.1 Å². The van der Waals surface area contributed by atoms with E-state index >= 15 is 0 Å². The molecule has 0 bridgehead atoms. The molecule has 0 radical (unpaired) electrons. The second kappa shape index (κ2) is 10.7. The minimum Gasteiger partial charge on any atom is -0.295 e. The first kappa shape index (κ1) is 20.9. The molecule has 0 saturated heterocycles. The van der Waals surface area contributed by atoms with Crippen LogP contribution in [0.2, 0.25) is 0 Å². The van der Waals surface area contributed by atoms with Gasteiger partial charge in [0.1, 0.15) is 0 Å². The van der Waals surface area contributed by atoms with E-state index in [1.54, 1.807) is 6.92 Å². The number of allylic oxidation sites excluding steroid dienone is 4. The molecule has 0 N–H and O–H groups in total. The summed E-state index contributed by atoms with van der Waals surface area (Å²) in [6.45, 7) is 8.15. The van der Waals surface area contributed by atoms with Crippen LogP contribution in [0.15, 0.2) is 71.8 Å². The van der Waals surface area contributed by atoms with Crippen molar-refractivity contribution in [2.45, 2.75) is 59.8 Å². The fourth-order valence-electron chi connectivity index (χ4n) is 3.20. The van der Waals surface area contributed by atoms with Crippen molar-refractivity contribution < 1.29 is 4.79 Å². The zero-order valence-electron chi connectivity index (χ0n) is 17.2. The monoisotopic (exact) mass is 360 g/mol. The van der Waals surface area contributed by atoms with E-state index in [1.165, 1.54) is 22.3 Å². The Labute approximate surface area is 164 Å². The lowest BCUT2D eigenvalue weighted by Crippen LogP contribution is -2.03. The van der Waals surface area contributed by atoms with Gasteiger partial charge in [0.15, 0.2) is 5.78 Å². The van der Waals surface area contributed by atoms with Gasteiger partial charge in [0, 0.05) is 5.56 Å². The number of carbonyl (C=O) groups is 1. The predicted molar refractivity (Wildman–Crippen MR) is 116 cm³/mol. The number of benzene rings is 2. The van der Waals surface area contributed by atoms with Gasteiger partial charge in [0.05, 0.1) is 0 Å². The van der Waals surface area contributed by atoms with Crippen LogP contribution in [0.5, 0.6) is 0 Å². The van der Waals surface area contributed by atoms with Crippen LogP contribution in [-0.4, -0.2) is 5.78 Å². The second-order valence-electron chi connectivity index (χ2n) is 7.61. The van der Waals surface area contributed by atoms with Gasteiger partial charge in [0.25, 0.3) is 0 Å². The molecule has 0 aliphatic carbocycles. The van der Waals surface area contributed by atoms with Crippen LogP contribution in [0.25, 0.3) is 0 Å². The van der Waals surface area contributed by atoms with Crippen molar-refractivity contribution >= 4 is 5.78 Å². The third-order valence-electron chi connectivity index (χ3n) is 4.86. The lowest BCUT2D eigenvalue weighted by Gasteiger charge is -2.10. The number of ketones is 1. The van der Waals surface area contributed by atoms with Crippen molar-refractivity contribution in [2.75, 3.05) is 0 Å². The van der Waals surface area contributed by atoms with E-state index in [4.69, 9.17) is 0 Å². The highest BCUT2D eigenvalue weighted by Crippen LogP contribution is 2.18. The minimum absolute atomic E-state index is 0.157. The molecule has 2 aromatic carbocycles. The molecule has 0 unspecified atom stereocenters. The number of hydrogen-bond acceptors (Lipinski definition) is 1. The fraction of sp³-hybridized carbons (Fsp3) is 0.346. The van der Waals surface area contributed by atoms with Crippen molar-refractivity contribution in [3.63, 3.8) is 0 Å². The Morgan fingerprint density at radius 2 is 1.59 bits per heavy atom. The van der Waals surface area contributed by atoms with E-state index in [-0.39, 0.29) is 5.78 Å². The quantitative estimate of drug-likeness (QED) is 0.351. The minimum atomic E-state index is 0.157. The van der Waals surface area contributed by atoms with Gasteiger partial charge in [0.2, 0.25) is 0 Å². The first-order chi connectivity index (χ1) is 13.0. The summed E-state index contributed by atoms with van der Waals surface area (Å²) in [6.07, 6.45) is 9.52. The second-order valence-corrected chi connectivity index (χ2v) is 7.61. The van der Waals surface area contributed by atoms with Gasteiger partial charge in [-0.05, 0) is 82.6 Å². The molecule has 27 heavy (non-hydrogen) atoms. The van der Waals surface area contributed by atoms with Crippen LogP contribution in [0.1, 0.15) is 67.6 Å². The summed E-state index contributed by atoms with van der Waals surface area (Å²) in [5.41, 5.74) is 7.33. The number of aryl methyl sites for hydroxylation is 2. The molecule has 0 saturated carbocycles. The molecule has 142 valence electrons. The molecular weight excluding hydrogens is 328 g/mol. The largest absolute Gasteiger partial charge is 0.295 e. The van der Waals surface area contributed by atoms with Crippen LogP contribution in [0.3, 0.4) is 0 Å². The molecule has 1 nitrogen and oxygen atoms in total. The van der Waals surface area contributed by atoms with Crippen molar-refractivity contribution in [3.8, 4) is 0 Å². The average Bonchev–Trinajstić information content (AvgIpc) is 2.65. The van der Waals surface area contributed by atoms with E-state index in [9.17, 15) is 4.79 Å². The summed E-state index contributed by atoms with van der Waals surface area (Å²) in [7, 11) is 0. The molecule has 0 atom stereocenters. The molecule has 0 fully saturated rings. The third kappa shape index (κ3) is 7.38. The lowest BCUT2D eigenvalue weighted by molar-refractivity contribution is 0.101. The summed E-state index contributed by atoms with van der Waals surface area (Å²) in [6, 6.07) is 16.9. The molecule has 0 aromatic heterocycles. The lowest BCUT2D eigenvalue weighted by atomic mass is 9.94. The molecule has 1 heteroatoms. The Morgan fingerprint density at radius 1 is 0.852 bits per heavy atom. The van der Waals surface area contributed by atoms with Crippen LogP contribution in [0, 0.1) is 0 Å². The van der Waals surface area contributed by atoms with Gasteiger partial charge in [-0.15, -0.1) is 0 Å². The van der Waals surface area contributed by atoms with Gasteiger partial charge in [-0.1, -0.05) is 65.8 Å². The predicted octanol–water partition coefficient (Wildman–Crippen LogP) is 6.91. The van der Waals surface area contributed by atoms with Crippen molar-refractivity contribution in [1.82, 2.24) is 0 Å². The third-order valence-corrected chi connectivity index (χ3v) is 4.86. The molecule has 0 heterocycles. The number of rotatable bonds is 9. The van der Waals surface area contributed by atoms with Crippen LogP contribution < -0.4 is 0 Å². The van der Waals surface area contributed by atoms with Crippen molar-refractivity contribution in [1.29, 1.82) is 0 Å². The smallest absolute Gasteiger partial charge is 0.160 e. The first-order valence-electron chi connectivity index (χ1n) is 9.91. The Bertz CT molecular complexity index is 805. The SMILES string of the molecule is CC(=O)c1cc(C/C=C(/C)CCC=C(C)C)ccc1CCc1ccccc1. The number of Topliss-reactive ketones (excluding diaryl/α,β-unsaturated/α-hetero) is 1. The molecule has 2 aromatic rings. The highest BCUT2D eigenvalue weighted by molar-refractivity contribution is 5.95. The maximum Gasteiger partial charge on any atom is 0.160 e. The van der Waals surface area contributed by atoms with Crippen molar-refractivity contribution in [2.24, 2.45) is 0 Å². The summed E-state index contributed by atoms with van der Waals surface area (Å²) in [4.78, 5) is 12.2. The van der Waals surface area contributed by atoms with E-state index < -0.39 is 0 Å². The standard InChI is InChI=1S/C26H32O/c1-20(2)9-8-10-21(3)13-14-24-16-18-25(26(19-24)22(4)27)17-15-23-11-6-5-7-12-23/h5-7,9,11-13,16,18-19H,8,10,14-15,17H2,1-4H3/b21-13-. The molecule has 0 amide bonds. The zero-order valence-corrected chi connectivity index (χ0v) is 17.2. The molecule has 0 aliphatic rings. The summed E-state index contributed by atoms with van der Waals surface area (Å²) in [5, 5.41) is 0. The molecule has 0 aliphatic heterocycles. The Hall–Kier alpha value is -2.41. The topological polar surface area (TPSA) is 17.1 Å². The fourth-order valence-corrected chi connectivity index (χ4v) is 3.20. The Morgan fingerprint density at radius 3 is 2.26 bits per heavy atom. The zero-order chi connectivity index (χ0) is 19.6. The van der Waals surface area contributed by atoms with Crippen LogP contribution >= 0.6 is 0 Å². The maximum atomic E-state index is 12.2.